The van der Waals surface area contributed by atoms with E-state index in [0.29, 0.717) is 11.3 Å². The molecule has 1 atom stereocenters. The van der Waals surface area contributed by atoms with Crippen LogP contribution < -0.4 is 5.73 Å². The molecule has 0 saturated carbocycles. The summed E-state index contributed by atoms with van der Waals surface area (Å²) in [5.74, 6) is -1.52. The number of carbonyl (C=O) groups is 1. The Balaban J connectivity index is 2.22. The highest BCUT2D eigenvalue weighted by Gasteiger charge is 2.45. The Morgan fingerprint density at radius 3 is 2.65 bits per heavy atom. The first kappa shape index (κ1) is 11.5. The third-order valence-electron chi connectivity index (χ3n) is 2.68. The average Bonchev–Trinajstić information content (AvgIpc) is 2.75. The number of carboxylic acid groups (broad SMARTS) is 1. The molecule has 1 aromatic carbocycles. The molecule has 1 unspecified atom stereocenters. The Morgan fingerprint density at radius 2 is 2.18 bits per heavy atom. The highest BCUT2D eigenvalue weighted by Crippen LogP contribution is 2.26. The van der Waals surface area contributed by atoms with E-state index >= 15 is 0 Å². The fourth-order valence-corrected chi connectivity index (χ4v) is 1.59. The molecule has 0 fully saturated rings. The van der Waals surface area contributed by atoms with Crippen LogP contribution in [0.5, 0.6) is 0 Å². The van der Waals surface area contributed by atoms with Crippen LogP contribution in [0.1, 0.15) is 12.0 Å². The molecule has 0 aromatic heterocycles. The maximum atomic E-state index is 12.7. The molecule has 5 nitrogen and oxygen atoms in total. The molecule has 1 aromatic rings. The van der Waals surface area contributed by atoms with Crippen molar-refractivity contribution < 1.29 is 19.1 Å². The van der Waals surface area contributed by atoms with Crippen molar-refractivity contribution in [2.24, 2.45) is 10.9 Å². The van der Waals surface area contributed by atoms with E-state index in [1.165, 1.54) is 24.3 Å². The molecule has 1 heterocycles. The SMILES string of the molecule is NCC1(C(=O)O)CC(c2ccc(F)cc2)=NO1. The van der Waals surface area contributed by atoms with Crippen LogP contribution in [0.2, 0.25) is 0 Å². The van der Waals surface area contributed by atoms with E-state index < -0.39 is 11.6 Å². The summed E-state index contributed by atoms with van der Waals surface area (Å²) >= 11 is 0. The fraction of sp³-hybridized carbons (Fsp3) is 0.273. The second-order valence-electron chi connectivity index (χ2n) is 3.82. The molecule has 0 spiro atoms. The lowest BCUT2D eigenvalue weighted by Gasteiger charge is -2.18. The molecule has 0 amide bonds. The van der Waals surface area contributed by atoms with Crippen LogP contribution in [0.25, 0.3) is 0 Å². The van der Waals surface area contributed by atoms with Gasteiger partial charge in [0.15, 0.2) is 0 Å². The largest absolute Gasteiger partial charge is 0.478 e. The average molecular weight is 238 g/mol. The molecule has 0 bridgehead atoms. The van der Waals surface area contributed by atoms with Gasteiger partial charge >= 0.3 is 5.97 Å². The van der Waals surface area contributed by atoms with Gasteiger partial charge in [0, 0.05) is 13.0 Å². The van der Waals surface area contributed by atoms with Gasteiger partial charge in [-0.3, -0.25) is 0 Å². The van der Waals surface area contributed by atoms with E-state index in [1.807, 2.05) is 0 Å². The smallest absolute Gasteiger partial charge is 0.352 e. The zero-order valence-corrected chi connectivity index (χ0v) is 8.89. The minimum absolute atomic E-state index is 0.0739. The highest BCUT2D eigenvalue weighted by molar-refractivity contribution is 6.04. The van der Waals surface area contributed by atoms with E-state index in [9.17, 15) is 9.18 Å². The summed E-state index contributed by atoms with van der Waals surface area (Å²) in [6, 6.07) is 5.60. The number of nitrogens with zero attached hydrogens (tertiary/aromatic N) is 1. The van der Waals surface area contributed by atoms with Gasteiger partial charge in [-0.1, -0.05) is 17.3 Å². The molecule has 90 valence electrons. The van der Waals surface area contributed by atoms with Crippen molar-refractivity contribution >= 4 is 11.7 Å². The van der Waals surface area contributed by atoms with Gasteiger partial charge < -0.3 is 15.7 Å². The third-order valence-corrected chi connectivity index (χ3v) is 2.68. The van der Waals surface area contributed by atoms with Gasteiger partial charge in [0.25, 0.3) is 5.60 Å². The summed E-state index contributed by atoms with van der Waals surface area (Å²) in [4.78, 5) is 16.0. The van der Waals surface area contributed by atoms with E-state index in [-0.39, 0.29) is 18.8 Å². The van der Waals surface area contributed by atoms with Crippen LogP contribution in [0.3, 0.4) is 0 Å². The molecular formula is C11H11FN2O3. The molecule has 1 aliphatic heterocycles. The van der Waals surface area contributed by atoms with Gasteiger partial charge in [0.1, 0.15) is 5.82 Å². The van der Waals surface area contributed by atoms with E-state index in [4.69, 9.17) is 15.7 Å². The molecule has 3 N–H and O–H groups in total. The monoisotopic (exact) mass is 238 g/mol. The van der Waals surface area contributed by atoms with Crippen LogP contribution in [-0.4, -0.2) is 28.9 Å². The molecule has 0 radical (unpaired) electrons. The second kappa shape index (κ2) is 4.14. The minimum Gasteiger partial charge on any atom is -0.478 e. The van der Waals surface area contributed by atoms with Crippen molar-refractivity contribution in [3.8, 4) is 0 Å². The molecule has 6 heteroatoms. The first-order valence-corrected chi connectivity index (χ1v) is 5.02. The molecule has 1 aliphatic rings. The number of carboxylic acids is 1. The lowest BCUT2D eigenvalue weighted by atomic mass is 9.94. The highest BCUT2D eigenvalue weighted by atomic mass is 19.1. The topological polar surface area (TPSA) is 84.9 Å². The van der Waals surface area contributed by atoms with Crippen LogP contribution in [0.4, 0.5) is 4.39 Å². The van der Waals surface area contributed by atoms with Crippen molar-refractivity contribution in [3.05, 3.63) is 35.6 Å². The number of hydrogen-bond donors (Lipinski definition) is 2. The first-order chi connectivity index (χ1) is 8.07. The molecule has 0 aliphatic carbocycles. The van der Waals surface area contributed by atoms with E-state index in [2.05, 4.69) is 5.16 Å². The molecule has 0 saturated heterocycles. The Hall–Kier alpha value is -1.95. The maximum Gasteiger partial charge on any atom is 0.352 e. The summed E-state index contributed by atoms with van der Waals surface area (Å²) in [6.07, 6.45) is 0.0739. The van der Waals surface area contributed by atoms with E-state index in [0.717, 1.165) is 0 Å². The Morgan fingerprint density at radius 1 is 1.53 bits per heavy atom. The predicted octanol–water partition coefficient (Wildman–Crippen LogP) is 0.732. The quantitative estimate of drug-likeness (QED) is 0.813. The molecule has 2 rings (SSSR count). The van der Waals surface area contributed by atoms with Crippen molar-refractivity contribution in [3.63, 3.8) is 0 Å². The third kappa shape index (κ3) is 1.99. The number of halogens is 1. The normalized spacial score (nSPS) is 23.1. The number of rotatable bonds is 3. The Labute approximate surface area is 96.7 Å². The maximum absolute atomic E-state index is 12.7. The van der Waals surface area contributed by atoms with Gasteiger partial charge in [-0.05, 0) is 17.7 Å². The first-order valence-electron chi connectivity index (χ1n) is 5.02. The standard InChI is InChI=1S/C11H11FN2O3/c12-8-3-1-7(2-4-8)9-5-11(6-13,10(15)16)17-14-9/h1-4H,5-6,13H2,(H,15,16). The second-order valence-corrected chi connectivity index (χ2v) is 3.82. The summed E-state index contributed by atoms with van der Waals surface area (Å²) in [7, 11) is 0. The zero-order valence-electron chi connectivity index (χ0n) is 8.89. The number of aliphatic carboxylic acids is 1. The van der Waals surface area contributed by atoms with Crippen LogP contribution >= 0.6 is 0 Å². The summed E-state index contributed by atoms with van der Waals surface area (Å²) < 4.78 is 12.7. The lowest BCUT2D eigenvalue weighted by molar-refractivity contribution is -0.161. The fourth-order valence-electron chi connectivity index (χ4n) is 1.59. The molecular weight excluding hydrogens is 227 g/mol. The van der Waals surface area contributed by atoms with Crippen LogP contribution in [-0.2, 0) is 9.63 Å². The van der Waals surface area contributed by atoms with Crippen molar-refractivity contribution in [1.82, 2.24) is 0 Å². The Kier molecular flexibility index (Phi) is 2.81. The zero-order chi connectivity index (χ0) is 12.5. The number of hydrogen-bond acceptors (Lipinski definition) is 4. The predicted molar refractivity (Wildman–Crippen MR) is 58.1 cm³/mol. The van der Waals surface area contributed by atoms with Gasteiger partial charge in [0.05, 0.1) is 5.71 Å². The van der Waals surface area contributed by atoms with Gasteiger partial charge in [-0.15, -0.1) is 0 Å². The summed E-state index contributed by atoms with van der Waals surface area (Å²) in [5.41, 5.74) is 4.98. The lowest BCUT2D eigenvalue weighted by Crippen LogP contribution is -2.45. The molecule has 17 heavy (non-hydrogen) atoms. The van der Waals surface area contributed by atoms with Crippen LogP contribution in [0.15, 0.2) is 29.4 Å². The number of oxime groups is 1. The number of benzene rings is 1. The summed E-state index contributed by atoms with van der Waals surface area (Å²) in [5, 5.41) is 12.7. The van der Waals surface area contributed by atoms with Crippen molar-refractivity contribution in [1.29, 1.82) is 0 Å². The summed E-state index contributed by atoms with van der Waals surface area (Å²) in [6.45, 7) is -0.170. The van der Waals surface area contributed by atoms with Crippen molar-refractivity contribution in [2.75, 3.05) is 6.54 Å². The number of nitrogens with two attached hydrogens (primary N) is 1. The van der Waals surface area contributed by atoms with E-state index in [1.54, 1.807) is 0 Å². The van der Waals surface area contributed by atoms with Crippen LogP contribution in [0, 0.1) is 5.82 Å². The van der Waals surface area contributed by atoms with Gasteiger partial charge in [-0.25, -0.2) is 9.18 Å². The van der Waals surface area contributed by atoms with Gasteiger partial charge in [-0.2, -0.15) is 0 Å². The van der Waals surface area contributed by atoms with Gasteiger partial charge in [0.2, 0.25) is 0 Å². The minimum atomic E-state index is -1.50. The van der Waals surface area contributed by atoms with Crippen molar-refractivity contribution in [2.45, 2.75) is 12.0 Å². The Bertz CT molecular complexity index is 472.